The molecular weight excluding hydrogens is 256 g/mol. The maximum atomic E-state index is 13.4. The Morgan fingerprint density at radius 1 is 1.37 bits per heavy atom. The smallest absolute Gasteiger partial charge is 0.378 e. The van der Waals surface area contributed by atoms with Gasteiger partial charge in [0.15, 0.2) is 0 Å². The third kappa shape index (κ3) is 4.57. The molecule has 0 saturated heterocycles. The third-order valence-corrected chi connectivity index (χ3v) is 2.42. The van der Waals surface area contributed by atoms with Crippen molar-refractivity contribution in [1.29, 1.82) is 0 Å². The molecule has 2 N–H and O–H groups in total. The number of nitrogens with two attached hydrogens (primary N) is 1. The van der Waals surface area contributed by atoms with E-state index < -0.39 is 24.5 Å². The maximum absolute atomic E-state index is 13.4. The molecule has 1 unspecified atom stereocenters. The van der Waals surface area contributed by atoms with E-state index in [1.807, 2.05) is 18.2 Å². The van der Waals surface area contributed by atoms with E-state index in [1.165, 1.54) is 6.92 Å². The predicted molar refractivity (Wildman–Crippen MR) is 65.7 cm³/mol. The molecule has 106 valence electrons. The van der Waals surface area contributed by atoms with Crippen molar-refractivity contribution in [3.63, 3.8) is 0 Å². The summed E-state index contributed by atoms with van der Waals surface area (Å²) < 4.78 is 36.2. The SMILES string of the molecule is CCOC(=O)C(F)(F)C(N)COCc1ccccc1. The van der Waals surface area contributed by atoms with Crippen LogP contribution in [0.1, 0.15) is 12.5 Å². The van der Waals surface area contributed by atoms with Crippen molar-refractivity contribution in [1.82, 2.24) is 0 Å². The van der Waals surface area contributed by atoms with E-state index >= 15 is 0 Å². The summed E-state index contributed by atoms with van der Waals surface area (Å²) in [5, 5.41) is 0. The molecule has 0 aliphatic rings. The van der Waals surface area contributed by atoms with Crippen LogP contribution in [0.2, 0.25) is 0 Å². The number of hydrogen-bond acceptors (Lipinski definition) is 4. The van der Waals surface area contributed by atoms with E-state index in [1.54, 1.807) is 12.1 Å². The first-order valence-corrected chi connectivity index (χ1v) is 5.90. The van der Waals surface area contributed by atoms with E-state index in [0.717, 1.165) is 5.56 Å². The van der Waals surface area contributed by atoms with Crippen LogP contribution in [-0.2, 0) is 20.9 Å². The third-order valence-electron chi connectivity index (χ3n) is 2.42. The van der Waals surface area contributed by atoms with Gasteiger partial charge in [0.1, 0.15) is 6.04 Å². The summed E-state index contributed by atoms with van der Waals surface area (Å²) in [5.74, 6) is -5.36. The van der Waals surface area contributed by atoms with Gasteiger partial charge in [0.05, 0.1) is 19.8 Å². The largest absolute Gasteiger partial charge is 0.462 e. The minimum Gasteiger partial charge on any atom is -0.462 e. The molecule has 0 amide bonds. The average molecular weight is 273 g/mol. The Hall–Kier alpha value is -1.53. The lowest BCUT2D eigenvalue weighted by Gasteiger charge is -2.21. The lowest BCUT2D eigenvalue weighted by Crippen LogP contribution is -2.50. The normalized spacial score (nSPS) is 13.1. The fourth-order valence-corrected chi connectivity index (χ4v) is 1.36. The Labute approximate surface area is 110 Å². The zero-order chi connectivity index (χ0) is 14.3. The molecule has 6 heteroatoms. The maximum Gasteiger partial charge on any atom is 0.378 e. The lowest BCUT2D eigenvalue weighted by atomic mass is 10.1. The van der Waals surface area contributed by atoms with E-state index in [9.17, 15) is 13.6 Å². The van der Waals surface area contributed by atoms with Crippen LogP contribution in [0, 0.1) is 0 Å². The second kappa shape index (κ2) is 7.16. The van der Waals surface area contributed by atoms with Crippen molar-refractivity contribution in [3.05, 3.63) is 35.9 Å². The molecule has 0 aromatic heterocycles. The molecule has 1 rings (SSSR count). The van der Waals surface area contributed by atoms with Gasteiger partial charge in [-0.05, 0) is 12.5 Å². The lowest BCUT2D eigenvalue weighted by molar-refractivity contribution is -0.176. The molecule has 0 fully saturated rings. The monoisotopic (exact) mass is 273 g/mol. The minimum absolute atomic E-state index is 0.119. The van der Waals surface area contributed by atoms with Crippen molar-refractivity contribution in [2.75, 3.05) is 13.2 Å². The van der Waals surface area contributed by atoms with Crippen LogP contribution in [0.3, 0.4) is 0 Å². The Kier molecular flexibility index (Phi) is 5.85. The number of rotatable bonds is 7. The van der Waals surface area contributed by atoms with E-state index in [-0.39, 0.29) is 13.2 Å². The summed E-state index contributed by atoms with van der Waals surface area (Å²) in [4.78, 5) is 11.0. The molecule has 0 aliphatic carbocycles. The molecule has 0 heterocycles. The number of ether oxygens (including phenoxy) is 2. The molecule has 1 atom stereocenters. The van der Waals surface area contributed by atoms with Gasteiger partial charge in [-0.3, -0.25) is 0 Å². The van der Waals surface area contributed by atoms with Gasteiger partial charge in [-0.1, -0.05) is 30.3 Å². The summed E-state index contributed by atoms with van der Waals surface area (Å²) in [5.41, 5.74) is 6.11. The number of carbonyl (C=O) groups is 1. The second-order valence-corrected chi connectivity index (χ2v) is 3.95. The van der Waals surface area contributed by atoms with Crippen LogP contribution in [-0.4, -0.2) is 31.1 Å². The summed E-state index contributed by atoms with van der Waals surface area (Å²) in [6, 6.07) is 7.33. The zero-order valence-electron chi connectivity index (χ0n) is 10.6. The molecule has 0 saturated carbocycles. The molecule has 19 heavy (non-hydrogen) atoms. The first-order valence-electron chi connectivity index (χ1n) is 5.90. The highest BCUT2D eigenvalue weighted by molar-refractivity contribution is 5.78. The summed E-state index contributed by atoms with van der Waals surface area (Å²) >= 11 is 0. The quantitative estimate of drug-likeness (QED) is 0.768. The average Bonchev–Trinajstić information content (AvgIpc) is 2.40. The fraction of sp³-hybridized carbons (Fsp3) is 0.462. The highest BCUT2D eigenvalue weighted by Gasteiger charge is 2.47. The summed E-state index contributed by atoms with van der Waals surface area (Å²) in [6.45, 7) is 1.06. The Balaban J connectivity index is 2.42. The first kappa shape index (κ1) is 15.5. The molecular formula is C13H17F2NO3. The number of carbonyl (C=O) groups excluding carboxylic acids is 1. The van der Waals surface area contributed by atoms with E-state index in [4.69, 9.17) is 10.5 Å². The topological polar surface area (TPSA) is 61.5 Å². The van der Waals surface area contributed by atoms with Gasteiger partial charge in [0.2, 0.25) is 0 Å². The van der Waals surface area contributed by atoms with E-state index in [2.05, 4.69) is 4.74 Å². The van der Waals surface area contributed by atoms with Crippen LogP contribution < -0.4 is 5.73 Å². The van der Waals surface area contributed by atoms with Crippen molar-refractivity contribution in [2.45, 2.75) is 25.5 Å². The molecule has 1 aromatic rings. The standard InChI is InChI=1S/C13H17F2NO3/c1-2-19-12(17)13(14,15)11(16)9-18-8-10-6-4-3-5-7-10/h3-7,11H,2,8-9,16H2,1H3. The number of esters is 1. The van der Waals surface area contributed by atoms with Crippen molar-refractivity contribution >= 4 is 5.97 Å². The highest BCUT2D eigenvalue weighted by atomic mass is 19.3. The van der Waals surface area contributed by atoms with Gasteiger partial charge < -0.3 is 15.2 Å². The Bertz CT molecular complexity index is 398. The van der Waals surface area contributed by atoms with E-state index in [0.29, 0.717) is 0 Å². The second-order valence-electron chi connectivity index (χ2n) is 3.95. The Morgan fingerprint density at radius 3 is 2.58 bits per heavy atom. The molecule has 0 bridgehead atoms. The number of benzene rings is 1. The van der Waals surface area contributed by atoms with Gasteiger partial charge in [-0.15, -0.1) is 0 Å². The number of alkyl halides is 2. The fourth-order valence-electron chi connectivity index (χ4n) is 1.36. The van der Waals surface area contributed by atoms with Crippen LogP contribution in [0.5, 0.6) is 0 Å². The van der Waals surface area contributed by atoms with Gasteiger partial charge >= 0.3 is 11.9 Å². The van der Waals surface area contributed by atoms with Gasteiger partial charge in [-0.25, -0.2) is 4.79 Å². The van der Waals surface area contributed by atoms with Crippen molar-refractivity contribution in [3.8, 4) is 0 Å². The minimum atomic E-state index is -3.74. The van der Waals surface area contributed by atoms with Crippen molar-refractivity contribution in [2.24, 2.45) is 5.73 Å². The molecule has 0 radical (unpaired) electrons. The van der Waals surface area contributed by atoms with Crippen LogP contribution in [0.4, 0.5) is 8.78 Å². The highest BCUT2D eigenvalue weighted by Crippen LogP contribution is 2.20. The Morgan fingerprint density at radius 2 is 2.00 bits per heavy atom. The summed E-state index contributed by atoms with van der Waals surface area (Å²) in [6.07, 6.45) is 0. The van der Waals surface area contributed by atoms with Crippen molar-refractivity contribution < 1.29 is 23.0 Å². The predicted octanol–water partition coefficient (Wildman–Crippen LogP) is 1.73. The molecule has 0 spiro atoms. The van der Waals surface area contributed by atoms with Gasteiger partial charge in [0.25, 0.3) is 0 Å². The molecule has 0 aliphatic heterocycles. The molecule has 4 nitrogen and oxygen atoms in total. The number of halogens is 2. The zero-order valence-corrected chi connectivity index (χ0v) is 10.6. The summed E-state index contributed by atoms with van der Waals surface area (Å²) in [7, 11) is 0. The first-order chi connectivity index (χ1) is 8.98. The van der Waals surface area contributed by atoms with Crippen LogP contribution in [0.15, 0.2) is 30.3 Å². The van der Waals surface area contributed by atoms with Gasteiger partial charge in [-0.2, -0.15) is 8.78 Å². The van der Waals surface area contributed by atoms with Crippen LogP contribution >= 0.6 is 0 Å². The molecule has 1 aromatic carbocycles. The number of hydrogen-bond donors (Lipinski definition) is 1. The van der Waals surface area contributed by atoms with Gasteiger partial charge in [0, 0.05) is 0 Å². The van der Waals surface area contributed by atoms with Crippen LogP contribution in [0.25, 0.3) is 0 Å².